The molecule has 1 aliphatic rings. The first-order chi connectivity index (χ1) is 12.5. The molecule has 1 saturated carbocycles. The van der Waals surface area contributed by atoms with Gasteiger partial charge >= 0.3 is 5.69 Å². The molecular formula is C20H20F2N2O3. The normalized spacial score (nSPS) is 15.3. The number of hydrogen-bond acceptors (Lipinski definition) is 3. The van der Waals surface area contributed by atoms with Crippen LogP contribution in [0.5, 0.6) is 0 Å². The molecule has 142 valence electrons. The van der Waals surface area contributed by atoms with Crippen LogP contribution in [0.3, 0.4) is 0 Å². The summed E-state index contributed by atoms with van der Waals surface area (Å²) in [4.78, 5) is 22.6. The van der Waals surface area contributed by atoms with Gasteiger partial charge in [0.05, 0.1) is 16.0 Å². The van der Waals surface area contributed by atoms with E-state index < -0.39 is 39.3 Å². The van der Waals surface area contributed by atoms with Crippen LogP contribution in [-0.2, 0) is 15.6 Å². The average Bonchev–Trinajstić information content (AvgIpc) is 3.38. The summed E-state index contributed by atoms with van der Waals surface area (Å²) in [5.41, 5.74) is -0.149. The lowest BCUT2D eigenvalue weighted by molar-refractivity contribution is -0.387. The number of nitrogens with zero attached hydrogens (tertiary/aromatic N) is 1. The third-order valence-electron chi connectivity index (χ3n) is 4.97. The van der Waals surface area contributed by atoms with Crippen LogP contribution in [0, 0.1) is 21.7 Å². The molecule has 1 amide bonds. The fourth-order valence-corrected chi connectivity index (χ4v) is 3.08. The standard InChI is InChI=1S/C20H20F2N2O3/c1-19(2,3)12-4-6-13(7-5-12)20(8-9-20)18(25)23-16-11-17(24(26)27)15(22)10-14(16)21/h4-7,10-11H,8-9H2,1-3H3,(H,23,25). The molecule has 2 aromatic carbocycles. The Morgan fingerprint density at radius 3 is 2.19 bits per heavy atom. The van der Waals surface area contributed by atoms with Gasteiger partial charge in [0.15, 0.2) is 0 Å². The van der Waals surface area contributed by atoms with Crippen LogP contribution in [0.4, 0.5) is 20.2 Å². The van der Waals surface area contributed by atoms with Crippen LogP contribution in [0.2, 0.25) is 0 Å². The number of benzene rings is 2. The number of halogens is 2. The predicted molar refractivity (Wildman–Crippen MR) is 97.7 cm³/mol. The summed E-state index contributed by atoms with van der Waals surface area (Å²) in [5, 5.41) is 13.2. The summed E-state index contributed by atoms with van der Waals surface area (Å²) >= 11 is 0. The number of nitro groups is 1. The van der Waals surface area contributed by atoms with Gasteiger partial charge in [0.2, 0.25) is 11.7 Å². The first-order valence-electron chi connectivity index (χ1n) is 8.60. The molecule has 0 unspecified atom stereocenters. The van der Waals surface area contributed by atoms with Crippen molar-refractivity contribution in [1.82, 2.24) is 0 Å². The van der Waals surface area contributed by atoms with Gasteiger partial charge in [0.1, 0.15) is 5.82 Å². The molecule has 0 saturated heterocycles. The first kappa shape index (κ1) is 18.9. The lowest BCUT2D eigenvalue weighted by Gasteiger charge is -2.21. The Bertz CT molecular complexity index is 914. The second kappa shape index (κ2) is 6.40. The number of nitrogens with one attached hydrogen (secondary N) is 1. The fourth-order valence-electron chi connectivity index (χ4n) is 3.08. The van der Waals surface area contributed by atoms with Crippen molar-refractivity contribution in [1.29, 1.82) is 0 Å². The van der Waals surface area contributed by atoms with Gasteiger partial charge in [0, 0.05) is 12.1 Å². The van der Waals surface area contributed by atoms with Crippen LogP contribution in [0.1, 0.15) is 44.7 Å². The zero-order chi connectivity index (χ0) is 20.0. The van der Waals surface area contributed by atoms with Crippen LogP contribution in [-0.4, -0.2) is 10.8 Å². The molecule has 1 fully saturated rings. The monoisotopic (exact) mass is 374 g/mol. The maximum Gasteiger partial charge on any atom is 0.307 e. The van der Waals surface area contributed by atoms with E-state index in [-0.39, 0.29) is 5.41 Å². The second-order valence-electron chi connectivity index (χ2n) is 7.90. The highest BCUT2D eigenvalue weighted by molar-refractivity contribution is 6.01. The topological polar surface area (TPSA) is 72.2 Å². The second-order valence-corrected chi connectivity index (χ2v) is 7.90. The number of carbonyl (C=O) groups excluding carboxylic acids is 1. The van der Waals surface area contributed by atoms with Crippen molar-refractivity contribution in [3.8, 4) is 0 Å². The zero-order valence-corrected chi connectivity index (χ0v) is 15.3. The quantitative estimate of drug-likeness (QED) is 0.615. The summed E-state index contributed by atoms with van der Waals surface area (Å²) in [7, 11) is 0. The fraction of sp³-hybridized carbons (Fsp3) is 0.350. The molecule has 2 aromatic rings. The maximum absolute atomic E-state index is 14.0. The summed E-state index contributed by atoms with van der Waals surface area (Å²) < 4.78 is 27.4. The Balaban J connectivity index is 1.86. The lowest BCUT2D eigenvalue weighted by Crippen LogP contribution is -2.28. The lowest BCUT2D eigenvalue weighted by atomic mass is 9.85. The van der Waals surface area contributed by atoms with E-state index in [1.54, 1.807) is 0 Å². The van der Waals surface area contributed by atoms with E-state index in [1.807, 2.05) is 24.3 Å². The third-order valence-corrected chi connectivity index (χ3v) is 4.97. The molecule has 0 aromatic heterocycles. The largest absolute Gasteiger partial charge is 0.323 e. The molecular weight excluding hydrogens is 354 g/mol. The van der Waals surface area contributed by atoms with Crippen molar-refractivity contribution in [2.75, 3.05) is 5.32 Å². The highest BCUT2D eigenvalue weighted by Gasteiger charge is 2.51. The summed E-state index contributed by atoms with van der Waals surface area (Å²) in [6, 6.07) is 8.82. The van der Waals surface area contributed by atoms with Gasteiger partial charge in [-0.3, -0.25) is 14.9 Å². The number of rotatable bonds is 4. The molecule has 3 rings (SSSR count). The van der Waals surface area contributed by atoms with Gasteiger partial charge < -0.3 is 5.32 Å². The van der Waals surface area contributed by atoms with E-state index in [2.05, 4.69) is 26.1 Å². The van der Waals surface area contributed by atoms with E-state index in [0.717, 1.165) is 11.1 Å². The van der Waals surface area contributed by atoms with E-state index in [1.165, 1.54) is 0 Å². The molecule has 0 heterocycles. The highest BCUT2D eigenvalue weighted by Crippen LogP contribution is 2.49. The Hall–Kier alpha value is -2.83. The number of nitro benzene ring substituents is 1. The SMILES string of the molecule is CC(C)(C)c1ccc(C2(C(=O)Nc3cc([N+](=O)[O-])c(F)cc3F)CC2)cc1. The Morgan fingerprint density at radius 1 is 1.11 bits per heavy atom. The minimum Gasteiger partial charge on any atom is -0.323 e. The minimum absolute atomic E-state index is 0.0202. The first-order valence-corrected chi connectivity index (χ1v) is 8.60. The highest BCUT2D eigenvalue weighted by atomic mass is 19.1. The maximum atomic E-state index is 14.0. The van der Waals surface area contributed by atoms with E-state index >= 15 is 0 Å². The van der Waals surface area contributed by atoms with Crippen LogP contribution in [0.15, 0.2) is 36.4 Å². The van der Waals surface area contributed by atoms with Gasteiger partial charge in [-0.2, -0.15) is 4.39 Å². The van der Waals surface area contributed by atoms with Crippen molar-refractivity contribution >= 4 is 17.3 Å². The number of hydrogen-bond donors (Lipinski definition) is 1. The smallest absolute Gasteiger partial charge is 0.307 e. The molecule has 27 heavy (non-hydrogen) atoms. The van der Waals surface area contributed by atoms with E-state index in [9.17, 15) is 23.7 Å². The molecule has 0 atom stereocenters. The van der Waals surface area contributed by atoms with Crippen molar-refractivity contribution in [3.63, 3.8) is 0 Å². The number of anilines is 1. The molecule has 5 nitrogen and oxygen atoms in total. The molecule has 1 aliphatic carbocycles. The molecule has 0 radical (unpaired) electrons. The van der Waals surface area contributed by atoms with Crippen LogP contribution < -0.4 is 5.32 Å². The Morgan fingerprint density at radius 2 is 1.70 bits per heavy atom. The van der Waals surface area contributed by atoms with Gasteiger partial charge in [-0.15, -0.1) is 0 Å². The van der Waals surface area contributed by atoms with Crippen molar-refractivity contribution in [3.05, 3.63) is 69.3 Å². The van der Waals surface area contributed by atoms with Gasteiger partial charge in [-0.1, -0.05) is 45.0 Å². The van der Waals surface area contributed by atoms with Crippen molar-refractivity contribution < 1.29 is 18.5 Å². The van der Waals surface area contributed by atoms with Gasteiger partial charge in [-0.05, 0) is 29.4 Å². The Labute approximate surface area is 155 Å². The van der Waals surface area contributed by atoms with Crippen molar-refractivity contribution in [2.24, 2.45) is 0 Å². The summed E-state index contributed by atoms with van der Waals surface area (Å²) in [6.07, 6.45) is 1.19. The zero-order valence-electron chi connectivity index (χ0n) is 15.3. The average molecular weight is 374 g/mol. The summed E-state index contributed by atoms with van der Waals surface area (Å²) in [5.74, 6) is -2.79. The van der Waals surface area contributed by atoms with E-state index in [4.69, 9.17) is 0 Å². The Kier molecular flexibility index (Phi) is 4.49. The summed E-state index contributed by atoms with van der Waals surface area (Å²) in [6.45, 7) is 6.27. The predicted octanol–water partition coefficient (Wildman–Crippen LogP) is 4.84. The molecule has 0 spiro atoms. The van der Waals surface area contributed by atoms with Gasteiger partial charge in [-0.25, -0.2) is 4.39 Å². The number of amides is 1. The minimum atomic E-state index is -1.28. The van der Waals surface area contributed by atoms with Crippen molar-refractivity contribution in [2.45, 2.75) is 44.4 Å². The molecule has 7 heteroatoms. The number of carbonyl (C=O) groups is 1. The molecule has 0 aliphatic heterocycles. The van der Waals surface area contributed by atoms with Crippen LogP contribution in [0.25, 0.3) is 0 Å². The van der Waals surface area contributed by atoms with Crippen LogP contribution >= 0.6 is 0 Å². The molecule has 1 N–H and O–H groups in total. The van der Waals surface area contributed by atoms with Gasteiger partial charge in [0.25, 0.3) is 0 Å². The van der Waals surface area contributed by atoms with E-state index in [0.29, 0.717) is 25.0 Å². The molecule has 0 bridgehead atoms. The third kappa shape index (κ3) is 3.54.